The number of nitrogens with one attached hydrogen (secondary N) is 1. The first-order chi connectivity index (χ1) is 10.8. The highest BCUT2D eigenvalue weighted by molar-refractivity contribution is 14.1. The molecular weight excluding hydrogens is 495 g/mol. The zero-order valence-electron chi connectivity index (χ0n) is 12.2. The van der Waals surface area contributed by atoms with Crippen molar-refractivity contribution >= 4 is 65.8 Å². The summed E-state index contributed by atoms with van der Waals surface area (Å²) < 4.78 is 26.8. The Labute approximate surface area is 157 Å². The number of benzene rings is 2. The molecular formula is C15H14BrIN2O3S. The van der Waals surface area contributed by atoms with Gasteiger partial charge in [-0.25, -0.2) is 8.42 Å². The van der Waals surface area contributed by atoms with Gasteiger partial charge in [0.1, 0.15) is 6.54 Å². The van der Waals surface area contributed by atoms with E-state index in [1.807, 2.05) is 12.1 Å². The van der Waals surface area contributed by atoms with Crippen LogP contribution in [0.15, 0.2) is 53.0 Å². The Hall–Kier alpha value is -1.13. The molecule has 2 rings (SSSR count). The fourth-order valence-electron chi connectivity index (χ4n) is 1.90. The summed E-state index contributed by atoms with van der Waals surface area (Å²) in [5.74, 6) is -0.410. The molecule has 2 aromatic carbocycles. The molecule has 23 heavy (non-hydrogen) atoms. The topological polar surface area (TPSA) is 66.5 Å². The molecule has 0 saturated carbocycles. The normalized spacial score (nSPS) is 11.1. The molecule has 0 unspecified atom stereocenters. The van der Waals surface area contributed by atoms with Crippen LogP contribution in [0, 0.1) is 3.57 Å². The van der Waals surface area contributed by atoms with Crippen LogP contribution in [0.25, 0.3) is 0 Å². The number of sulfonamides is 1. The van der Waals surface area contributed by atoms with E-state index in [1.54, 1.807) is 36.4 Å². The van der Waals surface area contributed by atoms with E-state index in [1.165, 1.54) is 0 Å². The zero-order valence-corrected chi connectivity index (χ0v) is 16.7. The number of rotatable bonds is 5. The molecule has 8 heteroatoms. The van der Waals surface area contributed by atoms with E-state index in [0.29, 0.717) is 15.8 Å². The molecule has 0 bridgehead atoms. The van der Waals surface area contributed by atoms with Gasteiger partial charge in [-0.05, 0) is 74.9 Å². The number of hydrogen-bond acceptors (Lipinski definition) is 3. The van der Waals surface area contributed by atoms with Gasteiger partial charge in [0.2, 0.25) is 15.9 Å². The first-order valence-corrected chi connectivity index (χ1v) is 10.3. The Morgan fingerprint density at radius 1 is 1.17 bits per heavy atom. The predicted octanol–water partition coefficient (Wildman–Crippen LogP) is 3.46. The van der Waals surface area contributed by atoms with Gasteiger partial charge in [-0.2, -0.15) is 0 Å². The van der Waals surface area contributed by atoms with Crippen molar-refractivity contribution in [2.24, 2.45) is 0 Å². The molecule has 0 saturated heterocycles. The minimum Gasteiger partial charge on any atom is -0.325 e. The van der Waals surface area contributed by atoms with E-state index < -0.39 is 15.9 Å². The number of amides is 1. The molecule has 0 heterocycles. The van der Waals surface area contributed by atoms with Crippen LogP contribution in [0.5, 0.6) is 0 Å². The summed E-state index contributed by atoms with van der Waals surface area (Å²) in [6.07, 6.45) is 1.07. The molecule has 0 spiro atoms. The Morgan fingerprint density at radius 2 is 1.78 bits per heavy atom. The molecule has 0 aliphatic carbocycles. The first kappa shape index (κ1) is 18.2. The van der Waals surface area contributed by atoms with Gasteiger partial charge in [-0.3, -0.25) is 9.10 Å². The maximum absolute atomic E-state index is 12.2. The van der Waals surface area contributed by atoms with Gasteiger partial charge >= 0.3 is 0 Å². The summed E-state index contributed by atoms with van der Waals surface area (Å²) in [7, 11) is -3.59. The lowest BCUT2D eigenvalue weighted by Gasteiger charge is -2.23. The Morgan fingerprint density at radius 3 is 2.35 bits per heavy atom. The molecule has 122 valence electrons. The summed E-state index contributed by atoms with van der Waals surface area (Å²) in [5, 5.41) is 2.70. The lowest BCUT2D eigenvalue weighted by atomic mass is 10.3. The van der Waals surface area contributed by atoms with E-state index in [4.69, 9.17) is 0 Å². The standard InChI is InChI=1S/C15H14BrIN2O3S/c1-23(21,22)19(14-5-3-2-4-13(14)16)10-15(20)18-12-8-6-11(17)7-9-12/h2-9H,10H2,1H3,(H,18,20). The summed E-state index contributed by atoms with van der Waals surface area (Å²) in [4.78, 5) is 12.2. The molecule has 0 aromatic heterocycles. The molecule has 0 radical (unpaired) electrons. The van der Waals surface area contributed by atoms with Crippen LogP contribution in [0.2, 0.25) is 0 Å². The summed E-state index contributed by atoms with van der Waals surface area (Å²) >= 11 is 5.48. The lowest BCUT2D eigenvalue weighted by molar-refractivity contribution is -0.114. The Kier molecular flexibility index (Phi) is 6.04. The lowest BCUT2D eigenvalue weighted by Crippen LogP contribution is -2.37. The van der Waals surface area contributed by atoms with Gasteiger partial charge in [0.15, 0.2) is 0 Å². The molecule has 5 nitrogen and oxygen atoms in total. The molecule has 1 N–H and O–H groups in total. The van der Waals surface area contributed by atoms with Crippen molar-refractivity contribution in [2.75, 3.05) is 22.4 Å². The number of carbonyl (C=O) groups excluding carboxylic acids is 1. The minimum atomic E-state index is -3.59. The van der Waals surface area contributed by atoms with Crippen LogP contribution in [-0.2, 0) is 14.8 Å². The molecule has 1 amide bonds. The van der Waals surface area contributed by atoms with E-state index in [0.717, 1.165) is 14.1 Å². The van der Waals surface area contributed by atoms with E-state index in [9.17, 15) is 13.2 Å². The summed E-state index contributed by atoms with van der Waals surface area (Å²) in [6, 6.07) is 14.1. The third kappa shape index (κ3) is 5.18. The van der Waals surface area contributed by atoms with Crippen LogP contribution >= 0.6 is 38.5 Å². The summed E-state index contributed by atoms with van der Waals surface area (Å²) in [6.45, 7) is -0.298. The number of hydrogen-bond donors (Lipinski definition) is 1. The first-order valence-electron chi connectivity index (χ1n) is 6.55. The number of nitrogens with zero attached hydrogens (tertiary/aromatic N) is 1. The number of anilines is 2. The average Bonchev–Trinajstić information content (AvgIpc) is 2.47. The molecule has 0 fully saturated rings. The highest BCUT2D eigenvalue weighted by Crippen LogP contribution is 2.27. The fraction of sp³-hybridized carbons (Fsp3) is 0.133. The van der Waals surface area contributed by atoms with Crippen LogP contribution in [0.1, 0.15) is 0 Å². The Bertz CT molecular complexity index is 810. The van der Waals surface area contributed by atoms with E-state index >= 15 is 0 Å². The van der Waals surface area contributed by atoms with Crippen LogP contribution < -0.4 is 9.62 Å². The van der Waals surface area contributed by atoms with Crippen molar-refractivity contribution in [2.45, 2.75) is 0 Å². The van der Waals surface area contributed by atoms with Gasteiger partial charge in [0.05, 0.1) is 11.9 Å². The third-order valence-corrected chi connectivity index (χ3v) is 5.45. The smallest absolute Gasteiger partial charge is 0.245 e. The molecule has 2 aromatic rings. The summed E-state index contributed by atoms with van der Waals surface area (Å²) in [5.41, 5.74) is 1.05. The van der Waals surface area contributed by atoms with Gasteiger partial charge in [-0.15, -0.1) is 0 Å². The van der Waals surface area contributed by atoms with E-state index in [-0.39, 0.29) is 6.54 Å². The van der Waals surface area contributed by atoms with Crippen molar-refractivity contribution in [3.63, 3.8) is 0 Å². The SMILES string of the molecule is CS(=O)(=O)N(CC(=O)Nc1ccc(I)cc1)c1ccccc1Br. The number of carbonyl (C=O) groups is 1. The monoisotopic (exact) mass is 508 g/mol. The van der Waals surface area contributed by atoms with Crippen molar-refractivity contribution in [1.29, 1.82) is 0 Å². The van der Waals surface area contributed by atoms with Crippen LogP contribution in [0.4, 0.5) is 11.4 Å². The second-order valence-electron chi connectivity index (χ2n) is 4.78. The number of para-hydroxylation sites is 1. The van der Waals surface area contributed by atoms with Crippen molar-refractivity contribution in [3.8, 4) is 0 Å². The van der Waals surface area contributed by atoms with Crippen molar-refractivity contribution < 1.29 is 13.2 Å². The quantitative estimate of drug-likeness (QED) is 0.629. The maximum atomic E-state index is 12.2. The minimum absolute atomic E-state index is 0.298. The molecule has 0 aliphatic heterocycles. The average molecular weight is 509 g/mol. The van der Waals surface area contributed by atoms with Crippen LogP contribution in [-0.4, -0.2) is 27.1 Å². The zero-order chi connectivity index (χ0) is 17.0. The molecule has 0 aliphatic rings. The van der Waals surface area contributed by atoms with Gasteiger partial charge in [0.25, 0.3) is 0 Å². The van der Waals surface area contributed by atoms with E-state index in [2.05, 4.69) is 43.8 Å². The second kappa shape index (κ2) is 7.63. The maximum Gasteiger partial charge on any atom is 0.245 e. The van der Waals surface area contributed by atoms with Crippen molar-refractivity contribution in [3.05, 3.63) is 56.6 Å². The van der Waals surface area contributed by atoms with Gasteiger partial charge in [-0.1, -0.05) is 12.1 Å². The second-order valence-corrected chi connectivity index (χ2v) is 8.78. The molecule has 0 atom stereocenters. The van der Waals surface area contributed by atoms with Crippen molar-refractivity contribution in [1.82, 2.24) is 0 Å². The predicted molar refractivity (Wildman–Crippen MR) is 104 cm³/mol. The van der Waals surface area contributed by atoms with Crippen LogP contribution in [0.3, 0.4) is 0 Å². The van der Waals surface area contributed by atoms with Gasteiger partial charge in [0, 0.05) is 13.7 Å². The third-order valence-electron chi connectivity index (χ3n) is 2.94. The number of halogens is 2. The Balaban J connectivity index is 2.20. The van der Waals surface area contributed by atoms with Gasteiger partial charge < -0.3 is 5.32 Å². The fourth-order valence-corrected chi connectivity index (χ4v) is 3.74. The highest BCUT2D eigenvalue weighted by Gasteiger charge is 2.22. The highest BCUT2D eigenvalue weighted by atomic mass is 127. The largest absolute Gasteiger partial charge is 0.325 e.